The number of nitrogens with zero attached hydrogens (tertiary/aromatic N) is 6. The number of piperazine rings is 1. The van der Waals surface area contributed by atoms with Crippen LogP contribution in [0.15, 0.2) is 6.07 Å². The van der Waals surface area contributed by atoms with E-state index in [1.54, 1.807) is 17.5 Å². The van der Waals surface area contributed by atoms with E-state index in [0.717, 1.165) is 32.0 Å². The molecule has 106 valence electrons. The van der Waals surface area contributed by atoms with Gasteiger partial charge in [-0.25, -0.2) is 9.78 Å². The molecule has 0 aliphatic carbocycles. The smallest absolute Gasteiger partial charge is 0.354 e. The molecule has 0 unspecified atom stereocenters. The zero-order valence-corrected chi connectivity index (χ0v) is 11.4. The van der Waals surface area contributed by atoms with E-state index >= 15 is 0 Å². The first kappa shape index (κ1) is 12.8. The minimum atomic E-state index is -1.05. The molecule has 3 rings (SSSR count). The number of fused-ring (bicyclic) bond motifs is 1. The van der Waals surface area contributed by atoms with Crippen LogP contribution in [0.1, 0.15) is 16.3 Å². The average molecular weight is 276 g/mol. The number of carboxylic acid groups (broad SMARTS) is 1. The Morgan fingerprint density at radius 2 is 1.95 bits per heavy atom. The van der Waals surface area contributed by atoms with Crippen LogP contribution in [-0.4, -0.2) is 68.8 Å². The summed E-state index contributed by atoms with van der Waals surface area (Å²) in [5, 5.41) is 13.5. The van der Waals surface area contributed by atoms with E-state index in [1.807, 2.05) is 0 Å². The van der Waals surface area contributed by atoms with Gasteiger partial charge in [0.15, 0.2) is 5.69 Å². The predicted octanol–water partition coefficient (Wildman–Crippen LogP) is -0.117. The van der Waals surface area contributed by atoms with Crippen molar-refractivity contribution < 1.29 is 9.90 Å². The molecular weight excluding hydrogens is 260 g/mol. The fraction of sp³-hybridized carbons (Fsp3) is 0.500. The number of aromatic nitrogens is 4. The number of aryl methyl sites for hydroxylation is 1. The van der Waals surface area contributed by atoms with Crippen LogP contribution in [0.3, 0.4) is 0 Å². The van der Waals surface area contributed by atoms with Crippen molar-refractivity contribution in [3.63, 3.8) is 0 Å². The van der Waals surface area contributed by atoms with Gasteiger partial charge in [-0.3, -0.25) is 0 Å². The molecule has 0 amide bonds. The monoisotopic (exact) mass is 276 g/mol. The maximum atomic E-state index is 11.2. The number of rotatable bonds is 2. The van der Waals surface area contributed by atoms with Crippen molar-refractivity contribution in [3.8, 4) is 0 Å². The van der Waals surface area contributed by atoms with Gasteiger partial charge in [0.05, 0.1) is 0 Å². The van der Waals surface area contributed by atoms with Crippen molar-refractivity contribution in [1.29, 1.82) is 0 Å². The van der Waals surface area contributed by atoms with Crippen LogP contribution >= 0.6 is 0 Å². The Morgan fingerprint density at radius 3 is 2.60 bits per heavy atom. The van der Waals surface area contributed by atoms with E-state index in [0.29, 0.717) is 11.6 Å². The molecular formula is C12H16N6O2. The molecule has 0 spiro atoms. The van der Waals surface area contributed by atoms with Crippen LogP contribution in [0.4, 0.5) is 5.82 Å². The first-order valence-electron chi connectivity index (χ1n) is 6.46. The third kappa shape index (κ3) is 2.18. The molecule has 1 N–H and O–H groups in total. The van der Waals surface area contributed by atoms with Gasteiger partial charge in [-0.2, -0.15) is 9.50 Å². The van der Waals surface area contributed by atoms with E-state index in [4.69, 9.17) is 5.11 Å². The molecule has 8 nitrogen and oxygen atoms in total. The summed E-state index contributed by atoms with van der Waals surface area (Å²) in [6, 6.07) is 1.56. The summed E-state index contributed by atoms with van der Waals surface area (Å²) < 4.78 is 1.62. The molecule has 0 saturated carbocycles. The highest BCUT2D eigenvalue weighted by Gasteiger charge is 2.21. The first-order valence-corrected chi connectivity index (χ1v) is 6.46. The van der Waals surface area contributed by atoms with Crippen molar-refractivity contribution in [2.24, 2.45) is 0 Å². The van der Waals surface area contributed by atoms with Crippen LogP contribution in [-0.2, 0) is 0 Å². The Bertz CT molecular complexity index is 659. The highest BCUT2D eigenvalue weighted by molar-refractivity contribution is 5.87. The molecule has 8 heteroatoms. The maximum Gasteiger partial charge on any atom is 0.354 e. The molecule has 1 aliphatic heterocycles. The van der Waals surface area contributed by atoms with E-state index in [2.05, 4.69) is 31.9 Å². The SMILES string of the molecule is Cc1nc2nc(C(=O)O)cc(N3CCN(C)CC3)n2n1. The molecule has 0 atom stereocenters. The largest absolute Gasteiger partial charge is 0.477 e. The quantitative estimate of drug-likeness (QED) is 0.818. The second-order valence-corrected chi connectivity index (χ2v) is 4.97. The van der Waals surface area contributed by atoms with Gasteiger partial charge in [-0.1, -0.05) is 0 Å². The van der Waals surface area contributed by atoms with Gasteiger partial charge in [0.2, 0.25) is 0 Å². The normalized spacial score (nSPS) is 16.8. The van der Waals surface area contributed by atoms with Gasteiger partial charge in [-0.15, -0.1) is 5.10 Å². The third-order valence-corrected chi connectivity index (χ3v) is 3.45. The summed E-state index contributed by atoms with van der Waals surface area (Å²) in [5.41, 5.74) is -0.00109. The van der Waals surface area contributed by atoms with Crippen LogP contribution in [0, 0.1) is 6.92 Å². The van der Waals surface area contributed by atoms with Crippen LogP contribution < -0.4 is 4.90 Å². The second kappa shape index (κ2) is 4.71. The number of hydrogen-bond donors (Lipinski definition) is 1. The van der Waals surface area contributed by atoms with E-state index in [1.165, 1.54) is 0 Å². The van der Waals surface area contributed by atoms with Gasteiger partial charge in [-0.05, 0) is 14.0 Å². The predicted molar refractivity (Wildman–Crippen MR) is 72.2 cm³/mol. The summed E-state index contributed by atoms with van der Waals surface area (Å²) >= 11 is 0. The molecule has 0 bridgehead atoms. The number of aromatic carboxylic acids is 1. The third-order valence-electron chi connectivity index (χ3n) is 3.45. The number of hydrogen-bond acceptors (Lipinski definition) is 6. The zero-order valence-electron chi connectivity index (χ0n) is 11.4. The lowest BCUT2D eigenvalue weighted by Crippen LogP contribution is -2.45. The number of carboxylic acids is 1. The summed E-state index contributed by atoms with van der Waals surface area (Å²) in [4.78, 5) is 23.7. The summed E-state index contributed by atoms with van der Waals surface area (Å²) in [6.45, 7) is 5.28. The van der Waals surface area contributed by atoms with E-state index in [-0.39, 0.29) is 5.69 Å². The molecule has 0 radical (unpaired) electrons. The summed E-state index contributed by atoms with van der Waals surface area (Å²) in [6.07, 6.45) is 0. The number of anilines is 1. The molecule has 20 heavy (non-hydrogen) atoms. The Hall–Kier alpha value is -2.22. The van der Waals surface area contributed by atoms with Crippen LogP contribution in [0.25, 0.3) is 5.78 Å². The lowest BCUT2D eigenvalue weighted by atomic mass is 10.3. The average Bonchev–Trinajstić information content (AvgIpc) is 2.78. The maximum absolute atomic E-state index is 11.2. The molecule has 1 fully saturated rings. The van der Waals surface area contributed by atoms with Crippen LogP contribution in [0.2, 0.25) is 0 Å². The van der Waals surface area contributed by atoms with Gasteiger partial charge < -0.3 is 14.9 Å². The number of likely N-dealkylation sites (N-methyl/N-ethyl adjacent to an activating group) is 1. The van der Waals surface area contributed by atoms with E-state index in [9.17, 15) is 4.79 Å². The molecule has 3 heterocycles. The Kier molecular flexibility index (Phi) is 3.01. The fourth-order valence-electron chi connectivity index (χ4n) is 2.32. The van der Waals surface area contributed by atoms with Crippen molar-refractivity contribution in [2.45, 2.75) is 6.92 Å². The van der Waals surface area contributed by atoms with Gasteiger partial charge in [0, 0.05) is 32.2 Å². The van der Waals surface area contributed by atoms with Gasteiger partial charge in [0.1, 0.15) is 11.6 Å². The highest BCUT2D eigenvalue weighted by atomic mass is 16.4. The standard InChI is InChI=1S/C12H16N6O2/c1-8-13-12-14-9(11(19)20)7-10(18(12)15-8)17-5-3-16(2)4-6-17/h7H,3-6H2,1-2H3,(H,19,20). The molecule has 1 saturated heterocycles. The second-order valence-electron chi connectivity index (χ2n) is 4.97. The molecule has 0 aromatic carbocycles. The Morgan fingerprint density at radius 1 is 1.25 bits per heavy atom. The lowest BCUT2D eigenvalue weighted by Gasteiger charge is -2.33. The van der Waals surface area contributed by atoms with Crippen molar-refractivity contribution in [1.82, 2.24) is 24.5 Å². The van der Waals surface area contributed by atoms with Crippen molar-refractivity contribution in [2.75, 3.05) is 38.1 Å². The molecule has 2 aromatic rings. The van der Waals surface area contributed by atoms with Crippen molar-refractivity contribution >= 4 is 17.6 Å². The number of carbonyl (C=O) groups is 1. The summed E-state index contributed by atoms with van der Waals surface area (Å²) in [5.74, 6) is 0.594. The Balaban J connectivity index is 2.09. The topological polar surface area (TPSA) is 86.9 Å². The fourth-order valence-corrected chi connectivity index (χ4v) is 2.32. The van der Waals surface area contributed by atoms with Crippen molar-refractivity contribution in [3.05, 3.63) is 17.6 Å². The highest BCUT2D eigenvalue weighted by Crippen LogP contribution is 2.18. The van der Waals surface area contributed by atoms with Gasteiger partial charge >= 0.3 is 5.97 Å². The molecule has 1 aliphatic rings. The lowest BCUT2D eigenvalue weighted by molar-refractivity contribution is 0.0690. The molecule has 2 aromatic heterocycles. The minimum Gasteiger partial charge on any atom is -0.477 e. The zero-order chi connectivity index (χ0) is 14.3. The van der Waals surface area contributed by atoms with Gasteiger partial charge in [0.25, 0.3) is 5.78 Å². The first-order chi connectivity index (χ1) is 9.54. The summed E-state index contributed by atoms with van der Waals surface area (Å²) in [7, 11) is 2.07. The van der Waals surface area contributed by atoms with E-state index < -0.39 is 5.97 Å². The Labute approximate surface area is 115 Å². The minimum absolute atomic E-state index is 0.00109. The van der Waals surface area contributed by atoms with Crippen LogP contribution in [0.5, 0.6) is 0 Å².